The Morgan fingerprint density at radius 1 is 0.800 bits per heavy atom. The monoisotopic (exact) mass is 422 g/mol. The van der Waals surface area contributed by atoms with Crippen LogP contribution < -0.4 is 5.32 Å². The first kappa shape index (κ1) is 21.7. The van der Waals surface area contributed by atoms with E-state index in [0.29, 0.717) is 5.56 Å². The molecule has 3 rings (SSSR count). The molecule has 0 bridgehead atoms. The third kappa shape index (κ3) is 5.14. The summed E-state index contributed by atoms with van der Waals surface area (Å²) in [6, 6.07) is 25.1. The van der Waals surface area contributed by atoms with Crippen molar-refractivity contribution in [3.8, 4) is 0 Å². The van der Waals surface area contributed by atoms with E-state index in [2.05, 4.69) is 5.32 Å². The molecule has 0 aliphatic rings. The van der Waals surface area contributed by atoms with Crippen LogP contribution in [0.15, 0.2) is 84.9 Å². The number of likely N-dealkylation sites (N-methyl/N-ethyl adjacent to an activating group) is 1. The molecular formula is C24H26N2O3S. The highest BCUT2D eigenvalue weighted by Crippen LogP contribution is 2.27. The summed E-state index contributed by atoms with van der Waals surface area (Å²) in [5, 5.41) is 3.08. The number of nitrogens with zero attached hydrogens (tertiary/aromatic N) is 1. The molecule has 156 valence electrons. The SMILES string of the molecule is Cc1ccc([C@H](NC(=O)[C@H](c2ccccc2)N(C)S(C)(=O)=O)c2ccccc2)cc1. The highest BCUT2D eigenvalue weighted by molar-refractivity contribution is 7.88. The van der Waals surface area contributed by atoms with Crippen molar-refractivity contribution < 1.29 is 13.2 Å². The van der Waals surface area contributed by atoms with Gasteiger partial charge in [0.25, 0.3) is 0 Å². The molecule has 1 amide bonds. The molecule has 0 saturated heterocycles. The van der Waals surface area contributed by atoms with Gasteiger partial charge in [-0.05, 0) is 23.6 Å². The minimum Gasteiger partial charge on any atom is -0.343 e. The molecule has 0 unspecified atom stereocenters. The summed E-state index contributed by atoms with van der Waals surface area (Å²) in [6.07, 6.45) is 1.10. The van der Waals surface area contributed by atoms with Crippen LogP contribution in [0.2, 0.25) is 0 Å². The molecule has 1 N–H and O–H groups in total. The summed E-state index contributed by atoms with van der Waals surface area (Å²) in [4.78, 5) is 13.4. The van der Waals surface area contributed by atoms with Crippen LogP contribution in [0.4, 0.5) is 0 Å². The summed E-state index contributed by atoms with van der Waals surface area (Å²) in [6.45, 7) is 2.01. The highest BCUT2D eigenvalue weighted by Gasteiger charge is 2.32. The Labute approximate surface area is 178 Å². The first-order chi connectivity index (χ1) is 14.3. The minimum absolute atomic E-state index is 0.386. The molecule has 0 fully saturated rings. The summed E-state index contributed by atoms with van der Waals surface area (Å²) < 4.78 is 25.6. The van der Waals surface area contributed by atoms with E-state index < -0.39 is 22.1 Å². The molecule has 3 aromatic rings. The second-order valence-electron chi connectivity index (χ2n) is 7.36. The number of amides is 1. The Hall–Kier alpha value is -2.96. The lowest BCUT2D eigenvalue weighted by molar-refractivity contribution is -0.125. The zero-order valence-electron chi connectivity index (χ0n) is 17.3. The molecule has 0 radical (unpaired) electrons. The number of nitrogens with one attached hydrogen (secondary N) is 1. The van der Waals surface area contributed by atoms with Gasteiger partial charge in [0.1, 0.15) is 6.04 Å². The smallest absolute Gasteiger partial charge is 0.243 e. The maximum absolute atomic E-state index is 13.4. The average Bonchev–Trinajstić information content (AvgIpc) is 2.74. The maximum atomic E-state index is 13.4. The molecule has 30 heavy (non-hydrogen) atoms. The predicted octanol–water partition coefficient (Wildman–Crippen LogP) is 3.83. The van der Waals surface area contributed by atoms with Gasteiger partial charge in [0.2, 0.25) is 15.9 Å². The van der Waals surface area contributed by atoms with Gasteiger partial charge in [-0.15, -0.1) is 0 Å². The van der Waals surface area contributed by atoms with Crippen LogP contribution in [-0.4, -0.2) is 31.9 Å². The van der Waals surface area contributed by atoms with Gasteiger partial charge in [0, 0.05) is 7.05 Å². The number of carbonyl (C=O) groups is 1. The number of aryl methyl sites for hydroxylation is 1. The molecule has 0 heterocycles. The van der Waals surface area contributed by atoms with Crippen molar-refractivity contribution in [1.29, 1.82) is 0 Å². The standard InChI is InChI=1S/C24H26N2O3S/c1-18-14-16-20(17-15-18)22(19-10-6-4-7-11-19)25-24(27)23(26(2)30(3,28)29)21-12-8-5-9-13-21/h4-17,22-23H,1-3H3,(H,25,27)/t22-,23+/m1/s1. The summed E-state index contributed by atoms with van der Waals surface area (Å²) in [5.74, 6) is -0.386. The van der Waals surface area contributed by atoms with Crippen molar-refractivity contribution >= 4 is 15.9 Å². The first-order valence-electron chi connectivity index (χ1n) is 9.67. The van der Waals surface area contributed by atoms with Crippen molar-refractivity contribution in [3.05, 3.63) is 107 Å². The van der Waals surface area contributed by atoms with Crippen LogP contribution in [0.3, 0.4) is 0 Å². The van der Waals surface area contributed by atoms with Crippen molar-refractivity contribution in [1.82, 2.24) is 9.62 Å². The number of sulfonamides is 1. The molecule has 0 aliphatic carbocycles. The highest BCUT2D eigenvalue weighted by atomic mass is 32.2. The van der Waals surface area contributed by atoms with Gasteiger partial charge >= 0.3 is 0 Å². The summed E-state index contributed by atoms with van der Waals surface area (Å²) >= 11 is 0. The van der Waals surface area contributed by atoms with Crippen molar-refractivity contribution in [3.63, 3.8) is 0 Å². The normalized spacial score (nSPS) is 13.6. The van der Waals surface area contributed by atoms with E-state index in [1.807, 2.05) is 67.6 Å². The van der Waals surface area contributed by atoms with E-state index in [4.69, 9.17) is 0 Å². The largest absolute Gasteiger partial charge is 0.343 e. The Kier molecular flexibility index (Phi) is 6.70. The maximum Gasteiger partial charge on any atom is 0.243 e. The lowest BCUT2D eigenvalue weighted by Gasteiger charge is -2.28. The van der Waals surface area contributed by atoms with Gasteiger partial charge in [0.15, 0.2) is 0 Å². The van der Waals surface area contributed by atoms with Gasteiger partial charge in [-0.2, -0.15) is 4.31 Å². The molecule has 2 atom stereocenters. The first-order valence-corrected chi connectivity index (χ1v) is 11.5. The number of rotatable bonds is 7. The molecule has 0 aromatic heterocycles. The summed E-state index contributed by atoms with van der Waals surface area (Å²) in [7, 11) is -2.17. The van der Waals surface area contributed by atoms with Crippen LogP contribution in [0.5, 0.6) is 0 Å². The molecule has 0 spiro atoms. The Morgan fingerprint density at radius 3 is 1.77 bits per heavy atom. The van der Waals surface area contributed by atoms with Crippen LogP contribution in [-0.2, 0) is 14.8 Å². The fraction of sp³-hybridized carbons (Fsp3) is 0.208. The minimum atomic E-state index is -3.59. The predicted molar refractivity (Wildman–Crippen MR) is 119 cm³/mol. The van der Waals surface area contributed by atoms with E-state index in [0.717, 1.165) is 27.3 Å². The van der Waals surface area contributed by atoms with E-state index in [1.54, 1.807) is 24.3 Å². The zero-order chi connectivity index (χ0) is 21.7. The van der Waals surface area contributed by atoms with Crippen molar-refractivity contribution in [2.24, 2.45) is 0 Å². The molecular weight excluding hydrogens is 396 g/mol. The van der Waals surface area contributed by atoms with Gasteiger partial charge < -0.3 is 5.32 Å². The molecule has 6 heteroatoms. The molecule has 3 aromatic carbocycles. The fourth-order valence-corrected chi connectivity index (χ4v) is 3.94. The Balaban J connectivity index is 2.01. The van der Waals surface area contributed by atoms with Gasteiger partial charge in [-0.1, -0.05) is 90.5 Å². The van der Waals surface area contributed by atoms with Crippen molar-refractivity contribution in [2.75, 3.05) is 13.3 Å². The summed E-state index contributed by atoms with van der Waals surface area (Å²) in [5.41, 5.74) is 3.58. The lowest BCUT2D eigenvalue weighted by Crippen LogP contribution is -2.42. The number of hydrogen-bond acceptors (Lipinski definition) is 3. The number of benzene rings is 3. The van der Waals surface area contributed by atoms with E-state index in [9.17, 15) is 13.2 Å². The number of hydrogen-bond donors (Lipinski definition) is 1. The van der Waals surface area contributed by atoms with Crippen LogP contribution >= 0.6 is 0 Å². The zero-order valence-corrected chi connectivity index (χ0v) is 18.1. The average molecular weight is 423 g/mol. The number of carbonyl (C=O) groups excluding carboxylic acids is 1. The van der Waals surface area contributed by atoms with Crippen LogP contribution in [0.25, 0.3) is 0 Å². The second kappa shape index (κ2) is 9.24. The molecule has 5 nitrogen and oxygen atoms in total. The Morgan fingerprint density at radius 2 is 1.27 bits per heavy atom. The van der Waals surface area contributed by atoms with E-state index in [-0.39, 0.29) is 5.91 Å². The molecule has 0 saturated carbocycles. The van der Waals surface area contributed by atoms with Gasteiger partial charge in [-0.25, -0.2) is 8.42 Å². The van der Waals surface area contributed by atoms with Crippen molar-refractivity contribution in [2.45, 2.75) is 19.0 Å². The topological polar surface area (TPSA) is 66.5 Å². The van der Waals surface area contributed by atoms with Gasteiger partial charge in [-0.3, -0.25) is 4.79 Å². The lowest BCUT2D eigenvalue weighted by atomic mass is 9.97. The van der Waals surface area contributed by atoms with Gasteiger partial charge in [0.05, 0.1) is 12.3 Å². The fourth-order valence-electron chi connectivity index (χ4n) is 3.34. The van der Waals surface area contributed by atoms with Crippen LogP contribution in [0, 0.1) is 6.92 Å². The quantitative estimate of drug-likeness (QED) is 0.629. The third-order valence-corrected chi connectivity index (χ3v) is 6.34. The van der Waals surface area contributed by atoms with E-state index >= 15 is 0 Å². The third-order valence-electron chi connectivity index (χ3n) is 5.08. The Bertz CT molecular complexity index is 1080. The molecule has 0 aliphatic heterocycles. The van der Waals surface area contributed by atoms with E-state index in [1.165, 1.54) is 7.05 Å². The van der Waals surface area contributed by atoms with Crippen LogP contribution in [0.1, 0.15) is 34.3 Å². The second-order valence-corrected chi connectivity index (χ2v) is 9.40.